The molecule has 6 nitrogen and oxygen atoms in total. The normalized spacial score (nSPS) is 17.8. The summed E-state index contributed by atoms with van der Waals surface area (Å²) >= 11 is 0. The summed E-state index contributed by atoms with van der Waals surface area (Å²) in [5.41, 5.74) is 3.02. The van der Waals surface area contributed by atoms with Gasteiger partial charge in [-0.2, -0.15) is 4.98 Å². The lowest BCUT2D eigenvalue weighted by Gasteiger charge is -2.30. The van der Waals surface area contributed by atoms with Crippen molar-refractivity contribution in [3.63, 3.8) is 0 Å². The summed E-state index contributed by atoms with van der Waals surface area (Å²) in [7, 11) is 4.02. The quantitative estimate of drug-likeness (QED) is 0.355. The first kappa shape index (κ1) is 25.0. The van der Waals surface area contributed by atoms with Gasteiger partial charge in [-0.05, 0) is 68.4 Å². The highest BCUT2D eigenvalue weighted by Crippen LogP contribution is 2.26. The van der Waals surface area contributed by atoms with Crippen LogP contribution in [-0.4, -0.2) is 42.1 Å². The predicted octanol–water partition coefficient (Wildman–Crippen LogP) is 5.97. The zero-order valence-electron chi connectivity index (χ0n) is 21.4. The van der Waals surface area contributed by atoms with E-state index in [4.69, 9.17) is 9.97 Å². The van der Waals surface area contributed by atoms with Crippen LogP contribution in [0.3, 0.4) is 0 Å². The number of aryl methyl sites for hydroxylation is 1. The number of unbranched alkanes of at least 4 members (excludes halogenated alkanes) is 3. The van der Waals surface area contributed by atoms with E-state index in [1.54, 1.807) is 0 Å². The molecule has 3 aromatic rings. The standard InChI is InChI=1S/C29H39N5O/c1-4-5-6-7-10-21-13-15-22(16-14-21)28(35)30-23-17-19-24(20-18-23)31-29-32-26-12-9-8-11-25(26)27(33-29)34(2)3/h8-9,11-16,23-24H,4-7,10,17-20H2,1-3H3,(H,30,35)(H,31,32,33)/t23-,24+. The van der Waals surface area contributed by atoms with Crippen LogP contribution in [0.25, 0.3) is 10.9 Å². The molecule has 0 aliphatic heterocycles. The van der Waals surface area contributed by atoms with E-state index >= 15 is 0 Å². The lowest BCUT2D eigenvalue weighted by atomic mass is 9.91. The Hall–Kier alpha value is -3.15. The van der Waals surface area contributed by atoms with E-state index in [2.05, 4.69) is 35.8 Å². The summed E-state index contributed by atoms with van der Waals surface area (Å²) < 4.78 is 0. The fourth-order valence-electron chi connectivity index (χ4n) is 4.88. The summed E-state index contributed by atoms with van der Waals surface area (Å²) in [5, 5.41) is 7.84. The fraction of sp³-hybridized carbons (Fsp3) is 0.483. The van der Waals surface area contributed by atoms with Crippen molar-refractivity contribution >= 4 is 28.6 Å². The minimum absolute atomic E-state index is 0.0347. The number of carbonyl (C=O) groups excluding carboxylic acids is 1. The van der Waals surface area contributed by atoms with E-state index in [1.807, 2.05) is 49.3 Å². The number of benzene rings is 2. The molecule has 1 saturated carbocycles. The molecular weight excluding hydrogens is 434 g/mol. The third-order valence-electron chi connectivity index (χ3n) is 6.94. The van der Waals surface area contributed by atoms with E-state index in [1.165, 1.54) is 31.2 Å². The maximum atomic E-state index is 12.8. The van der Waals surface area contributed by atoms with Crippen molar-refractivity contribution in [1.29, 1.82) is 0 Å². The topological polar surface area (TPSA) is 70.2 Å². The van der Waals surface area contributed by atoms with Gasteiger partial charge in [0.15, 0.2) is 0 Å². The number of para-hydroxylation sites is 1. The largest absolute Gasteiger partial charge is 0.362 e. The maximum Gasteiger partial charge on any atom is 0.251 e. The van der Waals surface area contributed by atoms with Crippen LogP contribution in [-0.2, 0) is 6.42 Å². The summed E-state index contributed by atoms with van der Waals surface area (Å²) in [6.07, 6.45) is 10.0. The third-order valence-corrected chi connectivity index (χ3v) is 6.94. The molecular formula is C29H39N5O. The Morgan fingerprint density at radius 3 is 2.34 bits per heavy atom. The highest BCUT2D eigenvalue weighted by molar-refractivity contribution is 5.94. The number of aromatic nitrogens is 2. The zero-order valence-corrected chi connectivity index (χ0v) is 21.4. The van der Waals surface area contributed by atoms with Crippen molar-refractivity contribution < 1.29 is 4.79 Å². The molecule has 0 spiro atoms. The van der Waals surface area contributed by atoms with Crippen LogP contribution in [0.4, 0.5) is 11.8 Å². The molecule has 1 amide bonds. The van der Waals surface area contributed by atoms with Gasteiger partial charge in [0, 0.05) is 37.1 Å². The summed E-state index contributed by atoms with van der Waals surface area (Å²) in [6.45, 7) is 2.23. The first-order chi connectivity index (χ1) is 17.0. The molecule has 0 saturated heterocycles. The SMILES string of the molecule is CCCCCCc1ccc(C(=O)N[C@H]2CC[C@@H](Nc3nc(N(C)C)c4ccccc4n3)CC2)cc1. The van der Waals surface area contributed by atoms with Crippen LogP contribution in [0, 0.1) is 0 Å². The molecule has 1 fully saturated rings. The first-order valence-corrected chi connectivity index (χ1v) is 13.1. The summed E-state index contributed by atoms with van der Waals surface area (Å²) in [6, 6.07) is 16.8. The predicted molar refractivity (Wildman–Crippen MR) is 145 cm³/mol. The number of fused-ring (bicyclic) bond motifs is 1. The van der Waals surface area contributed by atoms with Gasteiger partial charge in [0.1, 0.15) is 5.82 Å². The Kier molecular flexibility index (Phi) is 8.56. The van der Waals surface area contributed by atoms with Crippen molar-refractivity contribution in [2.24, 2.45) is 0 Å². The third kappa shape index (κ3) is 6.71. The highest BCUT2D eigenvalue weighted by atomic mass is 16.1. The Bertz CT molecular complexity index is 1100. The van der Waals surface area contributed by atoms with Crippen molar-refractivity contribution in [2.75, 3.05) is 24.3 Å². The van der Waals surface area contributed by atoms with Crippen LogP contribution >= 0.6 is 0 Å². The minimum atomic E-state index is 0.0347. The second-order valence-corrected chi connectivity index (χ2v) is 9.96. The van der Waals surface area contributed by atoms with Crippen molar-refractivity contribution in [3.05, 3.63) is 59.7 Å². The molecule has 186 valence electrons. The number of hydrogen-bond donors (Lipinski definition) is 2. The number of nitrogens with one attached hydrogen (secondary N) is 2. The lowest BCUT2D eigenvalue weighted by Crippen LogP contribution is -2.40. The minimum Gasteiger partial charge on any atom is -0.362 e. The molecule has 2 N–H and O–H groups in total. The summed E-state index contributed by atoms with van der Waals surface area (Å²) in [5.74, 6) is 1.63. The molecule has 2 aromatic carbocycles. The molecule has 1 aliphatic rings. The van der Waals surface area contributed by atoms with Gasteiger partial charge in [-0.15, -0.1) is 0 Å². The van der Waals surface area contributed by atoms with Crippen molar-refractivity contribution in [3.8, 4) is 0 Å². The molecule has 0 unspecified atom stereocenters. The van der Waals surface area contributed by atoms with Crippen LogP contribution < -0.4 is 15.5 Å². The van der Waals surface area contributed by atoms with E-state index < -0.39 is 0 Å². The summed E-state index contributed by atoms with van der Waals surface area (Å²) in [4.78, 5) is 24.3. The Balaban J connectivity index is 1.27. The second-order valence-electron chi connectivity index (χ2n) is 9.96. The molecule has 35 heavy (non-hydrogen) atoms. The molecule has 0 bridgehead atoms. The lowest BCUT2D eigenvalue weighted by molar-refractivity contribution is 0.0926. The monoisotopic (exact) mass is 473 g/mol. The van der Waals surface area contributed by atoms with Gasteiger partial charge in [0.2, 0.25) is 5.95 Å². The smallest absolute Gasteiger partial charge is 0.251 e. The molecule has 1 aliphatic carbocycles. The molecule has 0 radical (unpaired) electrons. The molecule has 6 heteroatoms. The number of hydrogen-bond acceptors (Lipinski definition) is 5. The van der Waals surface area contributed by atoms with Gasteiger partial charge in [-0.1, -0.05) is 50.5 Å². The van der Waals surface area contributed by atoms with Crippen LogP contribution in [0.2, 0.25) is 0 Å². The van der Waals surface area contributed by atoms with E-state index in [-0.39, 0.29) is 11.9 Å². The van der Waals surface area contributed by atoms with Gasteiger partial charge in [-0.25, -0.2) is 4.98 Å². The van der Waals surface area contributed by atoms with Gasteiger partial charge < -0.3 is 15.5 Å². The second kappa shape index (κ2) is 12.0. The van der Waals surface area contributed by atoms with Crippen molar-refractivity contribution in [2.45, 2.75) is 76.8 Å². The average molecular weight is 474 g/mol. The van der Waals surface area contributed by atoms with Crippen LogP contribution in [0.15, 0.2) is 48.5 Å². The number of anilines is 2. The van der Waals surface area contributed by atoms with E-state index in [0.29, 0.717) is 12.0 Å². The Morgan fingerprint density at radius 2 is 1.63 bits per heavy atom. The molecule has 1 heterocycles. The number of amides is 1. The number of carbonyl (C=O) groups is 1. The van der Waals surface area contributed by atoms with Crippen LogP contribution in [0.1, 0.15) is 74.2 Å². The highest BCUT2D eigenvalue weighted by Gasteiger charge is 2.24. The van der Waals surface area contributed by atoms with Crippen molar-refractivity contribution in [1.82, 2.24) is 15.3 Å². The molecule has 0 atom stereocenters. The molecule has 1 aromatic heterocycles. The number of rotatable bonds is 10. The van der Waals surface area contributed by atoms with Gasteiger partial charge in [-0.3, -0.25) is 4.79 Å². The van der Waals surface area contributed by atoms with E-state index in [9.17, 15) is 4.79 Å². The fourth-order valence-corrected chi connectivity index (χ4v) is 4.88. The first-order valence-electron chi connectivity index (χ1n) is 13.1. The van der Waals surface area contributed by atoms with E-state index in [0.717, 1.165) is 54.4 Å². The number of nitrogens with zero attached hydrogens (tertiary/aromatic N) is 3. The van der Waals surface area contributed by atoms with Gasteiger partial charge >= 0.3 is 0 Å². The van der Waals surface area contributed by atoms with Gasteiger partial charge in [0.05, 0.1) is 5.52 Å². The Labute approximate surface area is 209 Å². The molecule has 4 rings (SSSR count). The maximum absolute atomic E-state index is 12.8. The van der Waals surface area contributed by atoms with Gasteiger partial charge in [0.25, 0.3) is 5.91 Å². The average Bonchev–Trinajstić information content (AvgIpc) is 2.87. The Morgan fingerprint density at radius 1 is 0.914 bits per heavy atom. The zero-order chi connectivity index (χ0) is 24.6. The van der Waals surface area contributed by atoms with Crippen LogP contribution in [0.5, 0.6) is 0 Å².